The highest BCUT2D eigenvalue weighted by Gasteiger charge is 2.01. The fraction of sp³-hybridized carbons (Fsp3) is 0.364. The lowest BCUT2D eigenvalue weighted by atomic mass is 10.2. The number of aliphatic hydroxyl groups is 1. The Kier molecular flexibility index (Phi) is 5.16. The van der Waals surface area contributed by atoms with Crippen molar-refractivity contribution in [2.45, 2.75) is 12.8 Å². The molecule has 0 bridgehead atoms. The lowest BCUT2D eigenvalue weighted by Gasteiger charge is -2.07. The molecule has 0 saturated carbocycles. The number of hydrogen-bond acceptors (Lipinski definition) is 3. The van der Waals surface area contributed by atoms with Crippen LogP contribution >= 0.6 is 15.9 Å². The van der Waals surface area contributed by atoms with Crippen LogP contribution in [0.2, 0.25) is 0 Å². The number of halogens is 1. The number of hydrogen-bond donors (Lipinski definition) is 2. The molecule has 1 aromatic rings. The summed E-state index contributed by atoms with van der Waals surface area (Å²) in [4.78, 5) is 0. The van der Waals surface area contributed by atoms with Gasteiger partial charge >= 0.3 is 0 Å². The van der Waals surface area contributed by atoms with E-state index in [4.69, 9.17) is 10.4 Å². The van der Waals surface area contributed by atoms with E-state index in [0.29, 0.717) is 5.56 Å². The third-order valence-corrected chi connectivity index (χ3v) is 2.50. The zero-order valence-electron chi connectivity index (χ0n) is 8.33. The van der Waals surface area contributed by atoms with Gasteiger partial charge in [0.15, 0.2) is 0 Å². The van der Waals surface area contributed by atoms with Gasteiger partial charge in [-0.15, -0.1) is 0 Å². The topological polar surface area (TPSA) is 56.0 Å². The number of anilines is 1. The lowest BCUT2D eigenvalue weighted by Crippen LogP contribution is -2.03. The molecule has 0 unspecified atom stereocenters. The van der Waals surface area contributed by atoms with E-state index < -0.39 is 0 Å². The Morgan fingerprint density at radius 3 is 2.87 bits per heavy atom. The Bertz CT molecular complexity index is 360. The highest BCUT2D eigenvalue weighted by atomic mass is 79.9. The number of aliphatic hydroxyl groups excluding tert-OH is 1. The van der Waals surface area contributed by atoms with Gasteiger partial charge < -0.3 is 10.4 Å². The van der Waals surface area contributed by atoms with E-state index in [1.165, 1.54) is 0 Å². The summed E-state index contributed by atoms with van der Waals surface area (Å²) in [5.74, 6) is 0. The van der Waals surface area contributed by atoms with Crippen molar-refractivity contribution in [1.82, 2.24) is 0 Å². The molecule has 3 nitrogen and oxygen atoms in total. The Hall–Kier alpha value is -1.05. The maximum absolute atomic E-state index is 8.87. The normalized spacial score (nSPS) is 9.67. The first kappa shape index (κ1) is 12.0. The van der Waals surface area contributed by atoms with Crippen molar-refractivity contribution in [2.75, 3.05) is 18.5 Å². The molecule has 0 aliphatic heterocycles. The first-order valence-electron chi connectivity index (χ1n) is 4.82. The minimum Gasteiger partial charge on any atom is -0.396 e. The smallest absolute Gasteiger partial charge is 0.101 e. The molecular weight excluding hydrogens is 256 g/mol. The minimum absolute atomic E-state index is 0.214. The molecule has 80 valence electrons. The summed E-state index contributed by atoms with van der Waals surface area (Å²) >= 11 is 3.36. The summed E-state index contributed by atoms with van der Waals surface area (Å²) in [7, 11) is 0. The summed E-state index contributed by atoms with van der Waals surface area (Å²) in [6.07, 6.45) is 1.68. The SMILES string of the molecule is N#Cc1ccc(Br)cc1NCCCCO. The molecule has 0 atom stereocenters. The first-order chi connectivity index (χ1) is 7.27. The molecule has 1 aromatic carbocycles. The third-order valence-electron chi connectivity index (χ3n) is 2.00. The highest BCUT2D eigenvalue weighted by Crippen LogP contribution is 2.20. The second kappa shape index (κ2) is 6.44. The Morgan fingerprint density at radius 1 is 1.40 bits per heavy atom. The van der Waals surface area contributed by atoms with Gasteiger partial charge in [-0.1, -0.05) is 15.9 Å². The van der Waals surface area contributed by atoms with Crippen LogP contribution in [0.4, 0.5) is 5.69 Å². The first-order valence-corrected chi connectivity index (χ1v) is 5.61. The monoisotopic (exact) mass is 268 g/mol. The Labute approximate surface area is 97.9 Å². The molecule has 0 aliphatic carbocycles. The zero-order chi connectivity index (χ0) is 11.1. The van der Waals surface area contributed by atoms with Crippen LogP contribution < -0.4 is 5.32 Å². The van der Waals surface area contributed by atoms with E-state index in [2.05, 4.69) is 27.3 Å². The molecule has 4 heteroatoms. The van der Waals surface area contributed by atoms with E-state index in [9.17, 15) is 0 Å². The van der Waals surface area contributed by atoms with E-state index in [-0.39, 0.29) is 6.61 Å². The molecule has 0 spiro atoms. The van der Waals surface area contributed by atoms with Crippen LogP contribution in [0.25, 0.3) is 0 Å². The van der Waals surface area contributed by atoms with Gasteiger partial charge in [0.05, 0.1) is 11.3 Å². The number of nitrogens with one attached hydrogen (secondary N) is 1. The van der Waals surface area contributed by atoms with Gasteiger partial charge in [-0.3, -0.25) is 0 Å². The molecule has 0 heterocycles. The minimum atomic E-state index is 0.214. The van der Waals surface area contributed by atoms with Crippen molar-refractivity contribution in [3.63, 3.8) is 0 Å². The van der Waals surface area contributed by atoms with E-state index in [0.717, 1.165) is 29.5 Å². The molecule has 1 rings (SSSR count). The molecule has 0 saturated heterocycles. The molecule has 15 heavy (non-hydrogen) atoms. The second-order valence-corrected chi connectivity index (χ2v) is 4.07. The van der Waals surface area contributed by atoms with Gasteiger partial charge in [-0.2, -0.15) is 5.26 Å². The fourth-order valence-corrected chi connectivity index (χ4v) is 1.58. The standard InChI is InChI=1S/C11H13BrN2O/c12-10-4-3-9(8-13)11(7-10)14-5-1-2-6-15/h3-4,7,14-15H,1-2,5-6H2. The van der Waals surface area contributed by atoms with E-state index >= 15 is 0 Å². The predicted molar refractivity (Wildman–Crippen MR) is 63.7 cm³/mol. The summed E-state index contributed by atoms with van der Waals surface area (Å²) in [6.45, 7) is 0.983. The second-order valence-electron chi connectivity index (χ2n) is 3.16. The van der Waals surface area contributed by atoms with Gasteiger partial charge in [-0.05, 0) is 31.0 Å². The van der Waals surface area contributed by atoms with Gasteiger partial charge in [0.2, 0.25) is 0 Å². The molecule has 2 N–H and O–H groups in total. The number of rotatable bonds is 5. The molecule has 0 aliphatic rings. The van der Waals surface area contributed by atoms with Gasteiger partial charge in [0, 0.05) is 17.6 Å². The van der Waals surface area contributed by atoms with Gasteiger partial charge in [0.1, 0.15) is 6.07 Å². The molecule has 0 radical (unpaired) electrons. The van der Waals surface area contributed by atoms with Crippen LogP contribution in [0, 0.1) is 11.3 Å². The maximum Gasteiger partial charge on any atom is 0.101 e. The van der Waals surface area contributed by atoms with E-state index in [1.54, 1.807) is 6.07 Å². The Balaban J connectivity index is 2.59. The van der Waals surface area contributed by atoms with Crippen molar-refractivity contribution in [3.05, 3.63) is 28.2 Å². The largest absolute Gasteiger partial charge is 0.396 e. The van der Waals surface area contributed by atoms with Crippen molar-refractivity contribution in [3.8, 4) is 6.07 Å². The number of nitrogens with zero attached hydrogens (tertiary/aromatic N) is 1. The van der Waals surface area contributed by atoms with Crippen LogP contribution in [0.3, 0.4) is 0 Å². The third kappa shape index (κ3) is 3.90. The molecule has 0 fully saturated rings. The number of unbranched alkanes of at least 4 members (excludes halogenated alkanes) is 1. The summed E-state index contributed by atoms with van der Waals surface area (Å²) in [5, 5.41) is 20.7. The quantitative estimate of drug-likeness (QED) is 0.807. The number of nitriles is 1. The summed E-state index contributed by atoms with van der Waals surface area (Å²) < 4.78 is 0.950. The van der Waals surface area contributed by atoms with E-state index in [1.807, 2.05) is 12.1 Å². The molecule has 0 amide bonds. The molecule has 0 aromatic heterocycles. The average Bonchev–Trinajstić information content (AvgIpc) is 2.25. The fourth-order valence-electron chi connectivity index (χ4n) is 1.22. The van der Waals surface area contributed by atoms with Crippen LogP contribution in [-0.2, 0) is 0 Å². The van der Waals surface area contributed by atoms with Crippen molar-refractivity contribution >= 4 is 21.6 Å². The average molecular weight is 269 g/mol. The zero-order valence-corrected chi connectivity index (χ0v) is 9.92. The van der Waals surface area contributed by atoms with Crippen LogP contribution in [-0.4, -0.2) is 18.3 Å². The van der Waals surface area contributed by atoms with Gasteiger partial charge in [0.25, 0.3) is 0 Å². The van der Waals surface area contributed by atoms with Crippen molar-refractivity contribution in [2.24, 2.45) is 0 Å². The molecular formula is C11H13BrN2O. The summed E-state index contributed by atoms with van der Waals surface area (Å²) in [5.41, 5.74) is 1.48. The highest BCUT2D eigenvalue weighted by molar-refractivity contribution is 9.10. The van der Waals surface area contributed by atoms with Crippen LogP contribution in [0.5, 0.6) is 0 Å². The van der Waals surface area contributed by atoms with Crippen LogP contribution in [0.1, 0.15) is 18.4 Å². The number of benzene rings is 1. The predicted octanol–water partition coefficient (Wildman–Crippen LogP) is 2.51. The maximum atomic E-state index is 8.87. The summed E-state index contributed by atoms with van der Waals surface area (Å²) in [6, 6.07) is 7.64. The Morgan fingerprint density at radius 2 is 2.20 bits per heavy atom. The van der Waals surface area contributed by atoms with Crippen molar-refractivity contribution in [1.29, 1.82) is 5.26 Å². The van der Waals surface area contributed by atoms with Crippen LogP contribution in [0.15, 0.2) is 22.7 Å². The lowest BCUT2D eigenvalue weighted by molar-refractivity contribution is 0.286. The van der Waals surface area contributed by atoms with Gasteiger partial charge in [-0.25, -0.2) is 0 Å². The van der Waals surface area contributed by atoms with Crippen molar-refractivity contribution < 1.29 is 5.11 Å².